The van der Waals surface area contributed by atoms with Crippen LogP contribution in [0.2, 0.25) is 0 Å². The zero-order valence-electron chi connectivity index (χ0n) is 32.1. The van der Waals surface area contributed by atoms with Gasteiger partial charge < -0.3 is 39.6 Å². The average Bonchev–Trinajstić information content (AvgIpc) is 3.41. The minimum Gasteiger partial charge on any atom is -0.490 e. The van der Waals surface area contributed by atoms with Gasteiger partial charge in [0.1, 0.15) is 16.4 Å². The summed E-state index contributed by atoms with van der Waals surface area (Å²) in [6.45, 7) is 2.54. The predicted molar refractivity (Wildman–Crippen MR) is 204 cm³/mol. The molecule has 2 aliphatic heterocycles. The van der Waals surface area contributed by atoms with Crippen LogP contribution in [-0.4, -0.2) is 101 Å². The largest absolute Gasteiger partial charge is 0.490 e. The molecule has 4 N–H and O–H groups in total. The minimum absolute atomic E-state index is 0.0233. The van der Waals surface area contributed by atoms with Crippen molar-refractivity contribution in [2.75, 3.05) is 23.9 Å². The Kier molecular flexibility index (Phi) is 13.7. The third kappa shape index (κ3) is 10.6. The Labute approximate surface area is 337 Å². The fourth-order valence-electron chi connectivity index (χ4n) is 7.37. The number of hydrogen-bond acceptors (Lipinski definition) is 13. The van der Waals surface area contributed by atoms with Gasteiger partial charge in [0.05, 0.1) is 48.1 Å². The van der Waals surface area contributed by atoms with Crippen LogP contribution in [-0.2, 0) is 49.9 Å². The number of esters is 1. The van der Waals surface area contributed by atoms with Crippen molar-refractivity contribution in [1.29, 1.82) is 0 Å². The number of aliphatic carboxylic acids is 3. The van der Waals surface area contributed by atoms with Gasteiger partial charge in [-0.3, -0.25) is 33.7 Å². The number of benzene rings is 3. The van der Waals surface area contributed by atoms with Crippen LogP contribution in [0.15, 0.2) is 66.7 Å². The van der Waals surface area contributed by atoms with Gasteiger partial charge in [-0.15, -0.1) is 0 Å². The lowest BCUT2D eigenvalue weighted by Gasteiger charge is -2.44. The summed E-state index contributed by atoms with van der Waals surface area (Å²) in [6, 6.07) is 15.2. The maximum atomic E-state index is 13.9. The Hall–Kier alpha value is -6.34. The molecular formula is C40H42N2O16S. The molecule has 0 unspecified atom stereocenters. The van der Waals surface area contributed by atoms with Crippen LogP contribution in [0, 0.1) is 17.8 Å². The summed E-state index contributed by atoms with van der Waals surface area (Å²) in [6.07, 6.45) is -4.86. The summed E-state index contributed by atoms with van der Waals surface area (Å²) in [7, 11) is -3.91. The van der Waals surface area contributed by atoms with Gasteiger partial charge in [-0.05, 0) is 48.2 Å². The first kappa shape index (κ1) is 43.8. The standard InChI is InChI=1S/C40H42N2O16S/c1-4-55-31-15-23(29(20-59(3,53)54)42-37(50)24-11-8-12-28(41-21(2)43)35(24)38(42)51)13-14-30(31)57-40-27(18-34(48)49)25(16-32(44)45)26(17-33(46)47)36(58-40)39(52)56-19-22-9-6-5-7-10-22/h5-15,25-27,29,36,40H,4,16-20H2,1-3H3,(H,41,43)(H,44,45)(H,46,47)(H,48,49)/t25-,26-,27+,29+,36-,40+/m0/s1. The molecule has 0 aromatic heterocycles. The molecule has 6 atom stereocenters. The molecule has 19 heteroatoms. The number of rotatable bonds is 18. The molecule has 0 spiro atoms. The molecule has 0 radical (unpaired) electrons. The van der Waals surface area contributed by atoms with E-state index in [0.29, 0.717) is 5.56 Å². The number of ether oxygens (including phenoxy) is 4. The van der Waals surface area contributed by atoms with Crippen molar-refractivity contribution in [3.8, 4) is 11.5 Å². The van der Waals surface area contributed by atoms with E-state index in [1.807, 2.05) is 0 Å². The smallest absolute Gasteiger partial charge is 0.336 e. The molecule has 2 heterocycles. The lowest BCUT2D eigenvalue weighted by Crippen LogP contribution is -2.54. The monoisotopic (exact) mass is 838 g/mol. The van der Waals surface area contributed by atoms with Gasteiger partial charge in [0.25, 0.3) is 11.8 Å². The van der Waals surface area contributed by atoms with Gasteiger partial charge in [-0.25, -0.2) is 13.2 Å². The second-order valence-corrected chi connectivity index (χ2v) is 16.2. The molecule has 1 saturated heterocycles. The highest BCUT2D eigenvalue weighted by Gasteiger charge is 2.52. The van der Waals surface area contributed by atoms with Crippen LogP contribution in [0.1, 0.15) is 71.0 Å². The molecule has 1 fully saturated rings. The van der Waals surface area contributed by atoms with Crippen LogP contribution < -0.4 is 14.8 Å². The minimum atomic E-state index is -3.91. The second-order valence-electron chi connectivity index (χ2n) is 14.1. The van der Waals surface area contributed by atoms with Gasteiger partial charge in [0.15, 0.2) is 17.6 Å². The highest BCUT2D eigenvalue weighted by molar-refractivity contribution is 7.90. The molecule has 5 rings (SSSR count). The van der Waals surface area contributed by atoms with Gasteiger partial charge in [-0.1, -0.05) is 42.5 Å². The fraction of sp³-hybridized carbons (Fsp3) is 0.375. The number of nitrogens with zero attached hydrogens (tertiary/aromatic N) is 1. The van der Waals surface area contributed by atoms with E-state index < -0.39 is 113 Å². The Morgan fingerprint density at radius 1 is 0.831 bits per heavy atom. The lowest BCUT2D eigenvalue weighted by atomic mass is 9.71. The lowest BCUT2D eigenvalue weighted by molar-refractivity contribution is -0.235. The molecule has 3 aromatic rings. The Morgan fingerprint density at radius 3 is 2.08 bits per heavy atom. The first-order chi connectivity index (χ1) is 27.9. The van der Waals surface area contributed by atoms with Gasteiger partial charge in [0, 0.05) is 31.4 Å². The molecule has 18 nitrogen and oxygen atoms in total. The maximum Gasteiger partial charge on any atom is 0.336 e. The molecule has 0 aliphatic carbocycles. The number of carboxylic acids is 3. The van der Waals surface area contributed by atoms with Crippen molar-refractivity contribution in [3.05, 3.63) is 89.0 Å². The van der Waals surface area contributed by atoms with Crippen LogP contribution in [0.25, 0.3) is 0 Å². The number of carbonyl (C=O) groups is 7. The number of hydrogen-bond donors (Lipinski definition) is 4. The number of nitrogens with one attached hydrogen (secondary N) is 1. The summed E-state index contributed by atoms with van der Waals surface area (Å²) >= 11 is 0. The third-order valence-corrected chi connectivity index (χ3v) is 10.7. The quantitative estimate of drug-likeness (QED) is 0.105. The van der Waals surface area contributed by atoms with Gasteiger partial charge in [0.2, 0.25) is 12.2 Å². The molecule has 0 bridgehead atoms. The van der Waals surface area contributed by atoms with Crippen molar-refractivity contribution < 1.29 is 76.2 Å². The number of anilines is 1. The van der Waals surface area contributed by atoms with Gasteiger partial charge >= 0.3 is 23.9 Å². The first-order valence-corrected chi connectivity index (χ1v) is 20.4. The normalized spacial score (nSPS) is 20.6. The van der Waals surface area contributed by atoms with E-state index in [1.54, 1.807) is 37.3 Å². The SMILES string of the molecule is CCOc1cc([C@@H](CS(C)(=O)=O)N2C(=O)c3cccc(NC(C)=O)c3C2=O)ccc1O[C@@H]1O[C@H](C(=O)OCc2ccccc2)[C@@H](CC(=O)O)[C@H](CC(=O)O)[C@H]1CC(=O)O. The molecule has 2 aliphatic rings. The molecule has 314 valence electrons. The molecule has 3 amide bonds. The fourth-order valence-corrected chi connectivity index (χ4v) is 8.28. The van der Waals surface area contributed by atoms with E-state index >= 15 is 0 Å². The van der Waals surface area contributed by atoms with Crippen molar-refractivity contribution in [2.24, 2.45) is 17.8 Å². The number of carbonyl (C=O) groups excluding carboxylic acids is 4. The Morgan fingerprint density at radius 2 is 1.47 bits per heavy atom. The summed E-state index contributed by atoms with van der Waals surface area (Å²) in [4.78, 5) is 90.5. The first-order valence-electron chi connectivity index (χ1n) is 18.3. The number of fused-ring (bicyclic) bond motifs is 1. The van der Waals surface area contributed by atoms with Crippen LogP contribution >= 0.6 is 0 Å². The zero-order valence-corrected chi connectivity index (χ0v) is 32.9. The Balaban J connectivity index is 1.56. The van der Waals surface area contributed by atoms with Gasteiger partial charge in [-0.2, -0.15) is 0 Å². The summed E-state index contributed by atoms with van der Waals surface area (Å²) < 4.78 is 49.2. The van der Waals surface area contributed by atoms with Crippen molar-refractivity contribution in [2.45, 2.75) is 58.2 Å². The van der Waals surface area contributed by atoms with Crippen LogP contribution in [0.5, 0.6) is 11.5 Å². The molecular weight excluding hydrogens is 797 g/mol. The number of carboxylic acid groups (broad SMARTS) is 3. The van der Waals surface area contributed by atoms with E-state index in [1.165, 1.54) is 43.3 Å². The van der Waals surface area contributed by atoms with Crippen molar-refractivity contribution in [3.63, 3.8) is 0 Å². The van der Waals surface area contributed by atoms with Crippen molar-refractivity contribution in [1.82, 2.24) is 4.90 Å². The highest BCUT2D eigenvalue weighted by Crippen LogP contribution is 2.45. The number of amides is 3. The van der Waals surface area contributed by atoms with Crippen molar-refractivity contribution >= 4 is 57.1 Å². The van der Waals surface area contributed by atoms with Crippen LogP contribution in [0.4, 0.5) is 5.69 Å². The van der Waals surface area contributed by atoms with E-state index in [4.69, 9.17) is 18.9 Å². The van der Waals surface area contributed by atoms with E-state index in [-0.39, 0.29) is 47.1 Å². The summed E-state index contributed by atoms with van der Waals surface area (Å²) in [5, 5.41) is 32.2. The average molecular weight is 839 g/mol. The third-order valence-electron chi connectivity index (χ3n) is 9.73. The second kappa shape index (κ2) is 18.5. The zero-order chi connectivity index (χ0) is 43.2. The topological polar surface area (TPSA) is 267 Å². The molecule has 0 saturated carbocycles. The number of sulfone groups is 1. The molecule has 3 aromatic carbocycles. The van der Waals surface area contributed by atoms with E-state index in [0.717, 1.165) is 11.2 Å². The summed E-state index contributed by atoms with van der Waals surface area (Å²) in [5.74, 6) is -12.5. The Bertz CT molecular complexity index is 2240. The van der Waals surface area contributed by atoms with Crippen LogP contribution in [0.3, 0.4) is 0 Å². The molecule has 59 heavy (non-hydrogen) atoms. The van der Waals surface area contributed by atoms with E-state index in [9.17, 15) is 57.3 Å². The summed E-state index contributed by atoms with van der Waals surface area (Å²) in [5.41, 5.74) is 0.503. The predicted octanol–water partition coefficient (Wildman–Crippen LogP) is 3.55. The highest BCUT2D eigenvalue weighted by atomic mass is 32.2. The number of imide groups is 1. The van der Waals surface area contributed by atoms with E-state index in [2.05, 4.69) is 5.32 Å². The maximum absolute atomic E-state index is 13.9.